The minimum absolute atomic E-state index is 0.00549. The maximum Gasteiger partial charge on any atom is 0.261 e. The highest BCUT2D eigenvalue weighted by Crippen LogP contribution is 2.27. The van der Waals surface area contributed by atoms with E-state index in [9.17, 15) is 4.79 Å². The van der Waals surface area contributed by atoms with Crippen LogP contribution in [0.4, 0.5) is 0 Å². The first-order valence-corrected chi connectivity index (χ1v) is 8.99. The van der Waals surface area contributed by atoms with E-state index < -0.39 is 0 Å². The summed E-state index contributed by atoms with van der Waals surface area (Å²) in [5.41, 5.74) is 2.38. The smallest absolute Gasteiger partial charge is 0.261 e. The van der Waals surface area contributed by atoms with E-state index in [1.54, 1.807) is 25.6 Å². The number of hydrogen-bond donors (Lipinski definition) is 1. The van der Waals surface area contributed by atoms with Gasteiger partial charge in [-0.2, -0.15) is 0 Å². The zero-order chi connectivity index (χ0) is 17.5. The Balaban J connectivity index is 1.92. The molecule has 0 saturated heterocycles. The molecule has 0 aliphatic rings. The second-order valence-corrected chi connectivity index (χ2v) is 6.89. The van der Waals surface area contributed by atoms with Crippen LogP contribution in [0.3, 0.4) is 0 Å². The second-order valence-electron chi connectivity index (χ2n) is 5.64. The van der Waals surface area contributed by atoms with Gasteiger partial charge in [0.15, 0.2) is 11.5 Å². The van der Waals surface area contributed by atoms with Crippen LogP contribution in [-0.4, -0.2) is 26.7 Å². The van der Waals surface area contributed by atoms with E-state index in [1.165, 1.54) is 10.4 Å². The summed E-state index contributed by atoms with van der Waals surface area (Å²) in [7, 11) is 3.24. The number of nitrogens with one attached hydrogen (secondary N) is 1. The lowest BCUT2D eigenvalue weighted by Gasteiger charge is -2.10. The van der Waals surface area contributed by atoms with Crippen molar-refractivity contribution in [1.29, 1.82) is 0 Å². The molecule has 0 fully saturated rings. The molecule has 24 heavy (non-hydrogen) atoms. The molecule has 1 aromatic carbocycles. The molecule has 0 spiro atoms. The van der Waals surface area contributed by atoms with Crippen molar-refractivity contribution >= 4 is 17.2 Å². The average molecular weight is 347 g/mol. The van der Waals surface area contributed by atoms with E-state index in [0.29, 0.717) is 18.0 Å². The van der Waals surface area contributed by atoms with E-state index in [4.69, 9.17) is 9.47 Å². The number of rotatable bonds is 8. The van der Waals surface area contributed by atoms with Crippen LogP contribution in [0.15, 0.2) is 24.3 Å². The van der Waals surface area contributed by atoms with Crippen LogP contribution in [0.2, 0.25) is 0 Å². The molecule has 0 unspecified atom stereocenters. The second kappa shape index (κ2) is 8.73. The first kappa shape index (κ1) is 18.3. The third-order valence-electron chi connectivity index (χ3n) is 3.91. The lowest BCUT2D eigenvalue weighted by atomic mass is 10.1. The Morgan fingerprint density at radius 2 is 1.88 bits per heavy atom. The fourth-order valence-corrected chi connectivity index (χ4v) is 3.58. The van der Waals surface area contributed by atoms with Gasteiger partial charge in [0.2, 0.25) is 0 Å². The number of ether oxygens (including phenoxy) is 2. The Hall–Kier alpha value is -2.01. The quantitative estimate of drug-likeness (QED) is 0.785. The van der Waals surface area contributed by atoms with E-state index in [1.807, 2.05) is 24.3 Å². The van der Waals surface area contributed by atoms with Crippen LogP contribution in [0.1, 0.15) is 39.0 Å². The summed E-state index contributed by atoms with van der Waals surface area (Å²) >= 11 is 1.57. The molecule has 5 heteroatoms. The molecule has 0 aliphatic carbocycles. The maximum atomic E-state index is 12.3. The van der Waals surface area contributed by atoms with Crippen molar-refractivity contribution in [3.8, 4) is 11.5 Å². The van der Waals surface area contributed by atoms with Crippen LogP contribution in [-0.2, 0) is 12.8 Å². The molecular weight excluding hydrogens is 322 g/mol. The molecule has 1 N–H and O–H groups in total. The number of carbonyl (C=O) groups excluding carboxylic acids is 1. The molecule has 0 radical (unpaired) electrons. The van der Waals surface area contributed by atoms with Crippen molar-refractivity contribution < 1.29 is 14.3 Å². The van der Waals surface area contributed by atoms with E-state index in [2.05, 4.69) is 19.2 Å². The highest BCUT2D eigenvalue weighted by atomic mass is 32.1. The third-order valence-corrected chi connectivity index (χ3v) is 5.00. The van der Waals surface area contributed by atoms with Gasteiger partial charge in [-0.15, -0.1) is 11.3 Å². The van der Waals surface area contributed by atoms with Gasteiger partial charge in [0, 0.05) is 11.4 Å². The summed E-state index contributed by atoms with van der Waals surface area (Å²) in [6.07, 6.45) is 2.87. The van der Waals surface area contributed by atoms with Gasteiger partial charge in [0.05, 0.1) is 19.1 Å². The van der Waals surface area contributed by atoms with Crippen LogP contribution in [0.25, 0.3) is 0 Å². The zero-order valence-electron chi connectivity index (χ0n) is 14.8. The van der Waals surface area contributed by atoms with E-state index in [0.717, 1.165) is 29.7 Å². The van der Waals surface area contributed by atoms with Crippen molar-refractivity contribution in [2.45, 2.75) is 33.1 Å². The van der Waals surface area contributed by atoms with Gasteiger partial charge in [-0.25, -0.2) is 0 Å². The highest BCUT2D eigenvalue weighted by molar-refractivity contribution is 7.14. The number of methoxy groups -OCH3 is 2. The standard InChI is InChI=1S/C19H25NO3S/c1-5-6-15-12-18(24-13(15)2)19(21)20-10-9-14-7-8-16(22-3)17(11-14)23-4/h7-8,11-12H,5-6,9-10H2,1-4H3,(H,20,21). The molecule has 0 bridgehead atoms. The predicted octanol–water partition coefficient (Wildman–Crippen LogP) is 4.00. The van der Waals surface area contributed by atoms with Crippen molar-refractivity contribution in [1.82, 2.24) is 5.32 Å². The number of amides is 1. The minimum atomic E-state index is 0.00549. The van der Waals surface area contributed by atoms with E-state index in [-0.39, 0.29) is 5.91 Å². The van der Waals surface area contributed by atoms with Gasteiger partial charge < -0.3 is 14.8 Å². The predicted molar refractivity (Wildman–Crippen MR) is 98.6 cm³/mol. The minimum Gasteiger partial charge on any atom is -0.493 e. The third kappa shape index (κ3) is 4.51. The average Bonchev–Trinajstić information content (AvgIpc) is 2.96. The topological polar surface area (TPSA) is 47.6 Å². The van der Waals surface area contributed by atoms with Gasteiger partial charge in [-0.05, 0) is 49.1 Å². The number of hydrogen-bond acceptors (Lipinski definition) is 4. The summed E-state index contributed by atoms with van der Waals surface area (Å²) < 4.78 is 10.5. The molecule has 1 heterocycles. The number of carbonyl (C=O) groups is 1. The summed E-state index contributed by atoms with van der Waals surface area (Å²) in [5.74, 6) is 1.42. The van der Waals surface area contributed by atoms with E-state index >= 15 is 0 Å². The lowest BCUT2D eigenvalue weighted by molar-refractivity contribution is 0.0958. The van der Waals surface area contributed by atoms with Crippen LogP contribution in [0, 0.1) is 6.92 Å². The van der Waals surface area contributed by atoms with Crippen LogP contribution >= 0.6 is 11.3 Å². The Labute approximate surface area is 147 Å². The number of thiophene rings is 1. The molecule has 2 aromatic rings. The fourth-order valence-electron chi connectivity index (χ4n) is 2.59. The molecule has 2 rings (SSSR count). The normalized spacial score (nSPS) is 10.5. The van der Waals surface area contributed by atoms with Gasteiger partial charge in [0.1, 0.15) is 0 Å². The van der Waals surface area contributed by atoms with Crippen molar-refractivity contribution in [2.24, 2.45) is 0 Å². The molecular formula is C19H25NO3S. The van der Waals surface area contributed by atoms with Crippen molar-refractivity contribution in [2.75, 3.05) is 20.8 Å². The lowest BCUT2D eigenvalue weighted by Crippen LogP contribution is -2.24. The zero-order valence-corrected chi connectivity index (χ0v) is 15.6. The number of aryl methyl sites for hydroxylation is 2. The Morgan fingerprint density at radius 3 is 2.54 bits per heavy atom. The molecule has 130 valence electrons. The van der Waals surface area contributed by atoms with Crippen molar-refractivity contribution in [3.05, 3.63) is 45.1 Å². The van der Waals surface area contributed by atoms with Crippen LogP contribution < -0.4 is 14.8 Å². The largest absolute Gasteiger partial charge is 0.493 e. The van der Waals surface area contributed by atoms with Gasteiger partial charge in [-0.3, -0.25) is 4.79 Å². The Morgan fingerprint density at radius 1 is 1.12 bits per heavy atom. The first-order valence-electron chi connectivity index (χ1n) is 8.17. The SMILES string of the molecule is CCCc1cc(C(=O)NCCc2ccc(OC)c(OC)c2)sc1C. The Kier molecular flexibility index (Phi) is 6.67. The molecule has 0 aliphatic heterocycles. The summed E-state index contributed by atoms with van der Waals surface area (Å²) in [4.78, 5) is 14.3. The van der Waals surface area contributed by atoms with Gasteiger partial charge >= 0.3 is 0 Å². The monoisotopic (exact) mass is 347 g/mol. The summed E-state index contributed by atoms with van der Waals surface area (Å²) in [6.45, 7) is 4.82. The molecule has 4 nitrogen and oxygen atoms in total. The van der Waals surface area contributed by atoms with Crippen LogP contribution in [0.5, 0.6) is 11.5 Å². The van der Waals surface area contributed by atoms with Gasteiger partial charge in [-0.1, -0.05) is 19.4 Å². The molecule has 0 atom stereocenters. The maximum absolute atomic E-state index is 12.3. The highest BCUT2D eigenvalue weighted by Gasteiger charge is 2.12. The molecule has 0 saturated carbocycles. The van der Waals surface area contributed by atoms with Crippen molar-refractivity contribution in [3.63, 3.8) is 0 Å². The summed E-state index contributed by atoms with van der Waals surface area (Å²) in [5, 5.41) is 3.00. The molecule has 1 aromatic heterocycles. The number of benzene rings is 1. The van der Waals surface area contributed by atoms with Gasteiger partial charge in [0.25, 0.3) is 5.91 Å². The molecule has 1 amide bonds. The Bertz CT molecular complexity index is 694. The summed E-state index contributed by atoms with van der Waals surface area (Å²) in [6, 6.07) is 7.84. The fraction of sp³-hybridized carbons (Fsp3) is 0.421. The first-order chi connectivity index (χ1) is 11.6.